The minimum atomic E-state index is -4.19. The third-order valence-electron chi connectivity index (χ3n) is 6.52. The van der Waals surface area contributed by atoms with Gasteiger partial charge in [0, 0.05) is 38.4 Å². The lowest BCUT2D eigenvalue weighted by Crippen LogP contribution is -2.53. The topological polar surface area (TPSA) is 111 Å². The monoisotopic (exact) mass is 502 g/mol. The highest BCUT2D eigenvalue weighted by Gasteiger charge is 2.41. The van der Waals surface area contributed by atoms with Crippen molar-refractivity contribution in [2.75, 3.05) is 58.3 Å². The van der Waals surface area contributed by atoms with Gasteiger partial charge in [0.1, 0.15) is 11.8 Å². The normalized spacial score (nSPS) is 20.2. The number of amides is 1. The Morgan fingerprint density at radius 2 is 1.69 bits per heavy atom. The van der Waals surface area contributed by atoms with Gasteiger partial charge in [0.2, 0.25) is 15.9 Å². The van der Waals surface area contributed by atoms with Crippen LogP contribution in [0.25, 0.3) is 0 Å². The molecular formula is C24H30N4O6S. The molecule has 0 saturated carbocycles. The first-order valence-corrected chi connectivity index (χ1v) is 12.8. The molecule has 11 heteroatoms. The average Bonchev–Trinajstić information content (AvgIpc) is 3.03. The Morgan fingerprint density at radius 1 is 1.03 bits per heavy atom. The van der Waals surface area contributed by atoms with Crippen LogP contribution in [0.5, 0.6) is 5.75 Å². The quantitative estimate of drug-likeness (QED) is 0.621. The van der Waals surface area contributed by atoms with Gasteiger partial charge in [0.15, 0.2) is 0 Å². The zero-order chi connectivity index (χ0) is 25.2. The molecule has 0 bridgehead atoms. The van der Waals surface area contributed by atoms with Gasteiger partial charge in [0.05, 0.1) is 25.1 Å². The number of fused-ring (bicyclic) bond motifs is 1. The van der Waals surface area contributed by atoms with Crippen LogP contribution in [0.1, 0.15) is 5.56 Å². The fourth-order valence-corrected chi connectivity index (χ4v) is 5.96. The number of para-hydroxylation sites is 1. The third kappa shape index (κ3) is 5.32. The van der Waals surface area contributed by atoms with Crippen molar-refractivity contribution < 1.29 is 27.9 Å². The van der Waals surface area contributed by atoms with E-state index in [0.29, 0.717) is 17.0 Å². The molecule has 0 radical (unpaired) electrons. The van der Waals surface area contributed by atoms with E-state index in [-0.39, 0.29) is 30.4 Å². The summed E-state index contributed by atoms with van der Waals surface area (Å²) in [7, 11) is -0.684. The number of carbonyl (C=O) groups excluding carboxylic acids is 1. The summed E-state index contributed by atoms with van der Waals surface area (Å²) in [5.41, 5.74) is 1.10. The SMILES string of the molecule is COc1ccc(S(=O)(=O)N2Cc3ccccc3N(C(=O)CN3CCN(C)CC3)CC2C(=O)O)cc1. The number of sulfonamides is 1. The molecule has 1 amide bonds. The molecule has 4 rings (SSSR count). The number of likely N-dealkylation sites (N-methyl/N-ethyl adjacent to an activating group) is 1. The average molecular weight is 503 g/mol. The molecule has 1 unspecified atom stereocenters. The molecule has 2 aliphatic rings. The number of hydrogen-bond donors (Lipinski definition) is 1. The molecule has 1 saturated heterocycles. The summed E-state index contributed by atoms with van der Waals surface area (Å²) in [5.74, 6) is -1.08. The van der Waals surface area contributed by atoms with Crippen LogP contribution in [0.3, 0.4) is 0 Å². The lowest BCUT2D eigenvalue weighted by Gasteiger charge is -2.34. The van der Waals surface area contributed by atoms with Crippen LogP contribution in [0.15, 0.2) is 53.4 Å². The number of carboxylic acid groups (broad SMARTS) is 1. The number of anilines is 1. The number of ether oxygens (including phenoxy) is 1. The first-order chi connectivity index (χ1) is 16.7. The number of carbonyl (C=O) groups is 2. The van der Waals surface area contributed by atoms with Crippen LogP contribution in [-0.4, -0.2) is 99.0 Å². The fourth-order valence-electron chi connectivity index (χ4n) is 4.40. The Bertz CT molecular complexity index is 1180. The number of piperazine rings is 1. The number of aliphatic carboxylic acids is 1. The van der Waals surface area contributed by atoms with Crippen molar-refractivity contribution in [1.82, 2.24) is 14.1 Å². The second kappa shape index (κ2) is 10.3. The van der Waals surface area contributed by atoms with Gasteiger partial charge in [-0.25, -0.2) is 8.42 Å². The van der Waals surface area contributed by atoms with Crippen molar-refractivity contribution in [3.05, 3.63) is 54.1 Å². The molecule has 0 spiro atoms. The summed E-state index contributed by atoms with van der Waals surface area (Å²) in [5, 5.41) is 10.1. The van der Waals surface area contributed by atoms with Crippen molar-refractivity contribution in [2.24, 2.45) is 0 Å². The zero-order valence-electron chi connectivity index (χ0n) is 19.8. The number of hydrogen-bond acceptors (Lipinski definition) is 7. The van der Waals surface area contributed by atoms with Gasteiger partial charge in [0.25, 0.3) is 0 Å². The second-order valence-corrected chi connectivity index (χ2v) is 10.7. The third-order valence-corrected chi connectivity index (χ3v) is 8.39. The molecule has 0 aromatic heterocycles. The predicted molar refractivity (Wildman–Crippen MR) is 130 cm³/mol. The Balaban J connectivity index is 1.68. The standard InChI is InChI=1S/C24H30N4O6S/c1-25-11-13-26(14-12-25)17-23(29)27-16-22(24(30)31)28(15-18-5-3-4-6-21(18)27)35(32,33)20-9-7-19(34-2)8-10-20/h3-10,22H,11-17H2,1-2H3,(H,30,31). The predicted octanol–water partition coefficient (Wildman–Crippen LogP) is 0.933. The molecule has 35 heavy (non-hydrogen) atoms. The smallest absolute Gasteiger partial charge is 0.323 e. The summed E-state index contributed by atoms with van der Waals surface area (Å²) in [6.45, 7) is 2.84. The van der Waals surface area contributed by atoms with Gasteiger partial charge < -0.3 is 19.6 Å². The number of nitrogens with zero attached hydrogens (tertiary/aromatic N) is 4. The Hall–Kier alpha value is -2.99. The van der Waals surface area contributed by atoms with Crippen LogP contribution in [0.2, 0.25) is 0 Å². The minimum Gasteiger partial charge on any atom is -0.497 e. The number of rotatable bonds is 6. The maximum Gasteiger partial charge on any atom is 0.323 e. The summed E-state index contributed by atoms with van der Waals surface area (Å²) in [6.07, 6.45) is 0. The molecular weight excluding hydrogens is 472 g/mol. The fraction of sp³-hybridized carbons (Fsp3) is 0.417. The van der Waals surface area contributed by atoms with Gasteiger partial charge in [-0.15, -0.1) is 0 Å². The number of carboxylic acids is 1. The van der Waals surface area contributed by atoms with E-state index in [4.69, 9.17) is 4.74 Å². The molecule has 1 N–H and O–H groups in total. The second-order valence-electron chi connectivity index (χ2n) is 8.79. The summed E-state index contributed by atoms with van der Waals surface area (Å²) >= 11 is 0. The first kappa shape index (κ1) is 25.1. The van der Waals surface area contributed by atoms with Gasteiger partial charge in [-0.1, -0.05) is 18.2 Å². The van der Waals surface area contributed by atoms with E-state index >= 15 is 0 Å². The zero-order valence-corrected chi connectivity index (χ0v) is 20.6. The van der Waals surface area contributed by atoms with Crippen molar-refractivity contribution in [3.8, 4) is 5.75 Å². The maximum atomic E-state index is 13.6. The molecule has 2 aliphatic heterocycles. The van der Waals surface area contributed by atoms with E-state index in [9.17, 15) is 23.1 Å². The largest absolute Gasteiger partial charge is 0.497 e. The lowest BCUT2D eigenvalue weighted by molar-refractivity contribution is -0.141. The number of methoxy groups -OCH3 is 1. The van der Waals surface area contributed by atoms with Gasteiger partial charge in [-0.2, -0.15) is 4.31 Å². The Kier molecular flexibility index (Phi) is 7.41. The van der Waals surface area contributed by atoms with Gasteiger partial charge in [-0.05, 0) is 42.9 Å². The molecule has 10 nitrogen and oxygen atoms in total. The maximum absolute atomic E-state index is 13.6. The Morgan fingerprint density at radius 3 is 2.31 bits per heavy atom. The van der Waals surface area contributed by atoms with Crippen molar-refractivity contribution >= 4 is 27.6 Å². The minimum absolute atomic E-state index is 0.0424. The van der Waals surface area contributed by atoms with E-state index in [1.807, 2.05) is 11.9 Å². The molecule has 0 aliphatic carbocycles. The van der Waals surface area contributed by atoms with Crippen LogP contribution in [-0.2, 0) is 26.2 Å². The summed E-state index contributed by atoms with van der Waals surface area (Å²) in [4.78, 5) is 31.4. The van der Waals surface area contributed by atoms with Crippen LogP contribution in [0, 0.1) is 0 Å². The van der Waals surface area contributed by atoms with Gasteiger partial charge >= 0.3 is 5.97 Å². The van der Waals surface area contributed by atoms with E-state index in [2.05, 4.69) is 4.90 Å². The lowest BCUT2D eigenvalue weighted by atomic mass is 10.1. The molecule has 2 aromatic carbocycles. The van der Waals surface area contributed by atoms with Crippen LogP contribution >= 0.6 is 0 Å². The first-order valence-electron chi connectivity index (χ1n) is 11.4. The summed E-state index contributed by atoms with van der Waals surface area (Å²) in [6, 6.07) is 11.3. The van der Waals surface area contributed by atoms with E-state index in [0.717, 1.165) is 30.5 Å². The van der Waals surface area contributed by atoms with Gasteiger partial charge in [-0.3, -0.25) is 14.5 Å². The highest BCUT2D eigenvalue weighted by Crippen LogP contribution is 2.32. The van der Waals surface area contributed by atoms with Crippen LogP contribution < -0.4 is 9.64 Å². The molecule has 1 atom stereocenters. The van der Waals surface area contributed by atoms with Crippen LogP contribution in [0.4, 0.5) is 5.69 Å². The number of benzene rings is 2. The molecule has 2 heterocycles. The molecule has 2 aromatic rings. The van der Waals surface area contributed by atoms with E-state index in [1.165, 1.54) is 36.3 Å². The van der Waals surface area contributed by atoms with E-state index in [1.54, 1.807) is 24.3 Å². The van der Waals surface area contributed by atoms with Crippen molar-refractivity contribution in [2.45, 2.75) is 17.5 Å². The Labute approximate surface area is 205 Å². The summed E-state index contributed by atoms with van der Waals surface area (Å²) < 4.78 is 33.3. The molecule has 188 valence electrons. The highest BCUT2D eigenvalue weighted by molar-refractivity contribution is 7.89. The molecule has 1 fully saturated rings. The van der Waals surface area contributed by atoms with E-state index < -0.39 is 22.0 Å². The van der Waals surface area contributed by atoms with Crippen molar-refractivity contribution in [3.63, 3.8) is 0 Å². The van der Waals surface area contributed by atoms with Crippen molar-refractivity contribution in [1.29, 1.82) is 0 Å². The highest BCUT2D eigenvalue weighted by atomic mass is 32.2.